The Morgan fingerprint density at radius 2 is 1.43 bits per heavy atom. The van der Waals surface area contributed by atoms with Crippen molar-refractivity contribution in [2.45, 2.75) is 32.6 Å². The van der Waals surface area contributed by atoms with Crippen molar-refractivity contribution in [3.8, 4) is 0 Å². The molecule has 0 amide bonds. The van der Waals surface area contributed by atoms with Crippen LogP contribution in [0.5, 0.6) is 0 Å². The highest BCUT2D eigenvalue weighted by atomic mass is 14.3. The molecule has 2 aliphatic rings. The van der Waals surface area contributed by atoms with Gasteiger partial charge in [0.25, 0.3) is 0 Å². The lowest BCUT2D eigenvalue weighted by atomic mass is 9.84. The molecule has 104 valence electrons. The molecule has 2 aliphatic carbocycles. The van der Waals surface area contributed by atoms with E-state index in [1.54, 1.807) is 0 Å². The van der Waals surface area contributed by atoms with Crippen LogP contribution in [0.2, 0.25) is 0 Å². The third kappa shape index (κ3) is 1.75. The fourth-order valence-electron chi connectivity index (χ4n) is 3.89. The summed E-state index contributed by atoms with van der Waals surface area (Å²) in [7, 11) is 0. The average Bonchev–Trinajstić information content (AvgIpc) is 2.96. The molecule has 0 N–H and O–H groups in total. The van der Waals surface area contributed by atoms with Gasteiger partial charge in [-0.25, -0.2) is 0 Å². The summed E-state index contributed by atoms with van der Waals surface area (Å²) in [4.78, 5) is 0. The van der Waals surface area contributed by atoms with Crippen LogP contribution < -0.4 is 0 Å². The molecule has 0 bridgehead atoms. The van der Waals surface area contributed by atoms with Gasteiger partial charge < -0.3 is 0 Å². The van der Waals surface area contributed by atoms with E-state index in [4.69, 9.17) is 0 Å². The Morgan fingerprint density at radius 3 is 2.29 bits per heavy atom. The van der Waals surface area contributed by atoms with Gasteiger partial charge in [0, 0.05) is 11.8 Å². The van der Waals surface area contributed by atoms with Gasteiger partial charge in [0.2, 0.25) is 0 Å². The monoisotopic (exact) mass is 272 g/mol. The van der Waals surface area contributed by atoms with Gasteiger partial charge in [-0.1, -0.05) is 72.7 Å². The Hall–Kier alpha value is -2.08. The van der Waals surface area contributed by atoms with E-state index in [2.05, 4.69) is 75.4 Å². The molecule has 0 fully saturated rings. The van der Waals surface area contributed by atoms with Crippen molar-refractivity contribution in [2.24, 2.45) is 0 Å². The molecule has 0 spiro atoms. The predicted molar refractivity (Wildman–Crippen MR) is 90.4 cm³/mol. The predicted octanol–water partition coefficient (Wildman–Crippen LogP) is 5.76. The summed E-state index contributed by atoms with van der Waals surface area (Å²) in [5.74, 6) is 0.978. The molecule has 0 aromatic heterocycles. The molecule has 0 nitrogen and oxygen atoms in total. The third-order valence-electron chi connectivity index (χ3n) is 5.15. The maximum atomic E-state index is 2.39. The standard InChI is InChI=1S/C21H20/c1-13-12-20-17(15(13)3)9-6-10-19(20)21-14(2)11-16-7-4-5-8-18(16)21/h4-12,15,21H,1-3H3/t15?,21-/m1/s1. The highest BCUT2D eigenvalue weighted by Crippen LogP contribution is 2.46. The number of allylic oxidation sites excluding steroid dienone is 2. The Morgan fingerprint density at radius 1 is 0.714 bits per heavy atom. The van der Waals surface area contributed by atoms with Gasteiger partial charge in [-0.2, -0.15) is 0 Å². The summed E-state index contributed by atoms with van der Waals surface area (Å²) in [6.07, 6.45) is 4.73. The Labute approximate surface area is 126 Å². The van der Waals surface area contributed by atoms with Crippen LogP contribution in [-0.2, 0) is 0 Å². The zero-order chi connectivity index (χ0) is 14.6. The molecule has 0 heteroatoms. The van der Waals surface area contributed by atoms with Crippen LogP contribution in [0.25, 0.3) is 12.2 Å². The van der Waals surface area contributed by atoms with Crippen molar-refractivity contribution >= 4 is 12.2 Å². The fraction of sp³-hybridized carbons (Fsp3) is 0.238. The van der Waals surface area contributed by atoms with E-state index in [9.17, 15) is 0 Å². The summed E-state index contributed by atoms with van der Waals surface area (Å²) in [5.41, 5.74) is 10.2. The summed E-state index contributed by atoms with van der Waals surface area (Å²) in [5, 5.41) is 0. The number of rotatable bonds is 1. The molecule has 0 aliphatic heterocycles. The first kappa shape index (κ1) is 12.6. The summed E-state index contributed by atoms with van der Waals surface area (Å²) in [6.45, 7) is 6.82. The van der Waals surface area contributed by atoms with Crippen molar-refractivity contribution in [1.29, 1.82) is 0 Å². The molecular formula is C21H20. The fourth-order valence-corrected chi connectivity index (χ4v) is 3.89. The number of hydrogen-bond acceptors (Lipinski definition) is 0. The quantitative estimate of drug-likeness (QED) is 0.619. The second-order valence-electron chi connectivity index (χ2n) is 6.41. The lowest BCUT2D eigenvalue weighted by Gasteiger charge is -2.19. The molecule has 0 heterocycles. The van der Waals surface area contributed by atoms with Crippen LogP contribution in [0.1, 0.15) is 60.4 Å². The molecule has 2 aromatic rings. The third-order valence-corrected chi connectivity index (χ3v) is 5.15. The van der Waals surface area contributed by atoms with Crippen molar-refractivity contribution in [3.63, 3.8) is 0 Å². The number of fused-ring (bicyclic) bond motifs is 2. The van der Waals surface area contributed by atoms with Gasteiger partial charge in [0.05, 0.1) is 0 Å². The van der Waals surface area contributed by atoms with Crippen LogP contribution in [-0.4, -0.2) is 0 Å². The van der Waals surface area contributed by atoms with E-state index in [0.717, 1.165) is 0 Å². The first-order chi connectivity index (χ1) is 10.2. The van der Waals surface area contributed by atoms with Crippen LogP contribution in [0.4, 0.5) is 0 Å². The van der Waals surface area contributed by atoms with Crippen molar-refractivity contribution in [1.82, 2.24) is 0 Å². The van der Waals surface area contributed by atoms with Gasteiger partial charge in [0.15, 0.2) is 0 Å². The second-order valence-corrected chi connectivity index (χ2v) is 6.41. The van der Waals surface area contributed by atoms with E-state index in [1.807, 2.05) is 0 Å². The van der Waals surface area contributed by atoms with Crippen molar-refractivity contribution in [2.75, 3.05) is 0 Å². The first-order valence-corrected chi connectivity index (χ1v) is 7.75. The van der Waals surface area contributed by atoms with Gasteiger partial charge in [-0.05, 0) is 41.7 Å². The van der Waals surface area contributed by atoms with E-state index >= 15 is 0 Å². The number of hydrogen-bond donors (Lipinski definition) is 0. The lowest BCUT2D eigenvalue weighted by molar-refractivity contribution is 0.909. The van der Waals surface area contributed by atoms with Crippen LogP contribution in [0, 0.1) is 0 Å². The van der Waals surface area contributed by atoms with Gasteiger partial charge in [-0.15, -0.1) is 0 Å². The molecule has 2 atom stereocenters. The normalized spacial score (nSPS) is 22.6. The topological polar surface area (TPSA) is 0 Å². The van der Waals surface area contributed by atoms with Crippen LogP contribution >= 0.6 is 0 Å². The van der Waals surface area contributed by atoms with Crippen molar-refractivity contribution < 1.29 is 0 Å². The maximum Gasteiger partial charge on any atom is 0.0311 e. The molecule has 21 heavy (non-hydrogen) atoms. The molecule has 0 saturated carbocycles. The maximum absolute atomic E-state index is 2.39. The molecule has 2 aromatic carbocycles. The minimum atomic E-state index is 0.422. The van der Waals surface area contributed by atoms with E-state index in [1.165, 1.54) is 39.0 Å². The zero-order valence-corrected chi connectivity index (χ0v) is 12.9. The molecule has 0 radical (unpaired) electrons. The lowest BCUT2D eigenvalue weighted by Crippen LogP contribution is -2.03. The Kier molecular flexibility index (Phi) is 2.68. The number of benzene rings is 2. The minimum Gasteiger partial charge on any atom is -0.0655 e. The van der Waals surface area contributed by atoms with E-state index in [0.29, 0.717) is 11.8 Å². The molecular weight excluding hydrogens is 252 g/mol. The van der Waals surface area contributed by atoms with Crippen LogP contribution in [0.3, 0.4) is 0 Å². The minimum absolute atomic E-state index is 0.422. The van der Waals surface area contributed by atoms with Gasteiger partial charge in [-0.3, -0.25) is 0 Å². The highest BCUT2D eigenvalue weighted by Gasteiger charge is 2.29. The summed E-state index contributed by atoms with van der Waals surface area (Å²) >= 11 is 0. The van der Waals surface area contributed by atoms with E-state index < -0.39 is 0 Å². The Bertz CT molecular complexity index is 789. The van der Waals surface area contributed by atoms with Crippen molar-refractivity contribution in [3.05, 3.63) is 81.4 Å². The smallest absolute Gasteiger partial charge is 0.0311 e. The SMILES string of the molecule is CC1=Cc2c(cccc2[C@@H]2C(C)=Cc3ccccc32)C1C. The second kappa shape index (κ2) is 4.46. The first-order valence-electron chi connectivity index (χ1n) is 7.75. The largest absolute Gasteiger partial charge is 0.0655 e. The molecule has 4 rings (SSSR count). The zero-order valence-electron chi connectivity index (χ0n) is 12.9. The van der Waals surface area contributed by atoms with Crippen LogP contribution in [0.15, 0.2) is 53.6 Å². The highest BCUT2D eigenvalue weighted by molar-refractivity contribution is 5.75. The average molecular weight is 272 g/mol. The van der Waals surface area contributed by atoms with Gasteiger partial charge in [0.1, 0.15) is 0 Å². The Balaban J connectivity index is 1.93. The van der Waals surface area contributed by atoms with Gasteiger partial charge >= 0.3 is 0 Å². The summed E-state index contributed by atoms with van der Waals surface area (Å²) < 4.78 is 0. The molecule has 0 saturated heterocycles. The summed E-state index contributed by atoms with van der Waals surface area (Å²) in [6, 6.07) is 15.6. The molecule has 1 unspecified atom stereocenters. The van der Waals surface area contributed by atoms with E-state index in [-0.39, 0.29) is 0 Å².